The van der Waals surface area contributed by atoms with E-state index in [0.717, 1.165) is 5.56 Å². The number of nitrogens with two attached hydrogens (primary N) is 1. The van der Waals surface area contributed by atoms with Crippen molar-refractivity contribution < 1.29 is 9.53 Å². The quantitative estimate of drug-likeness (QED) is 0.842. The smallest absolute Gasteiger partial charge is 0.256 e. The Morgan fingerprint density at radius 2 is 1.82 bits per heavy atom. The summed E-state index contributed by atoms with van der Waals surface area (Å²) in [6.07, 6.45) is 0. The second-order valence-corrected chi connectivity index (χ2v) is 6.24. The van der Waals surface area contributed by atoms with Crippen LogP contribution in [0.25, 0.3) is 0 Å². The molecule has 0 fully saturated rings. The number of carbonyl (C=O) groups excluding carboxylic acids is 1. The maximum atomic E-state index is 12.5. The van der Waals surface area contributed by atoms with Crippen molar-refractivity contribution in [1.29, 1.82) is 0 Å². The number of amides is 1. The van der Waals surface area contributed by atoms with Crippen LogP contribution in [0.4, 0.5) is 11.4 Å². The van der Waals surface area contributed by atoms with Gasteiger partial charge in [0.1, 0.15) is 11.4 Å². The normalized spacial score (nSPS) is 11.1. The molecule has 0 saturated carbocycles. The molecular formula is C18H22N2O2. The number of carbonyl (C=O) groups is 1. The molecule has 22 heavy (non-hydrogen) atoms. The summed E-state index contributed by atoms with van der Waals surface area (Å²) in [4.78, 5) is 12.5. The molecule has 0 saturated heterocycles. The van der Waals surface area contributed by atoms with E-state index in [1.54, 1.807) is 12.1 Å². The highest BCUT2D eigenvalue weighted by atomic mass is 16.5. The highest BCUT2D eigenvalue weighted by Gasteiger charge is 2.16. The van der Waals surface area contributed by atoms with Crippen LogP contribution in [0.1, 0.15) is 36.7 Å². The lowest BCUT2D eigenvalue weighted by molar-refractivity contribution is 0.102. The zero-order chi connectivity index (χ0) is 16.3. The zero-order valence-corrected chi connectivity index (χ0v) is 13.4. The van der Waals surface area contributed by atoms with Gasteiger partial charge >= 0.3 is 0 Å². The van der Waals surface area contributed by atoms with Gasteiger partial charge < -0.3 is 15.8 Å². The Labute approximate surface area is 131 Å². The summed E-state index contributed by atoms with van der Waals surface area (Å²) in [6.45, 7) is 7.78. The summed E-state index contributed by atoms with van der Waals surface area (Å²) in [5, 5.41) is 2.90. The minimum absolute atomic E-state index is 0.199. The van der Waals surface area contributed by atoms with Crippen molar-refractivity contribution >= 4 is 17.3 Å². The molecule has 3 N–H and O–H groups in total. The second-order valence-electron chi connectivity index (χ2n) is 6.24. The Morgan fingerprint density at radius 3 is 2.50 bits per heavy atom. The maximum Gasteiger partial charge on any atom is 0.256 e. The summed E-state index contributed by atoms with van der Waals surface area (Å²) in [6, 6.07) is 12.7. The lowest BCUT2D eigenvalue weighted by Crippen LogP contribution is -2.24. The van der Waals surface area contributed by atoms with Gasteiger partial charge in [0, 0.05) is 11.3 Å². The van der Waals surface area contributed by atoms with Gasteiger partial charge in [0.25, 0.3) is 5.91 Å². The molecule has 0 heterocycles. The van der Waals surface area contributed by atoms with Crippen LogP contribution in [-0.2, 0) is 0 Å². The van der Waals surface area contributed by atoms with Crippen LogP contribution in [0.2, 0.25) is 0 Å². The third-order valence-corrected chi connectivity index (χ3v) is 3.06. The van der Waals surface area contributed by atoms with E-state index in [1.807, 2.05) is 58.0 Å². The number of para-hydroxylation sites is 2. The maximum absolute atomic E-state index is 12.5. The highest BCUT2D eigenvalue weighted by Crippen LogP contribution is 2.28. The average Bonchev–Trinajstić information content (AvgIpc) is 2.42. The molecule has 0 atom stereocenters. The van der Waals surface area contributed by atoms with E-state index in [1.165, 1.54) is 0 Å². The molecule has 4 nitrogen and oxygen atoms in total. The molecule has 2 rings (SSSR count). The summed E-state index contributed by atoms with van der Waals surface area (Å²) >= 11 is 0. The number of benzene rings is 2. The molecule has 0 bridgehead atoms. The SMILES string of the molecule is Cc1ccc(N)cc1C(=O)Nc1ccccc1OC(C)(C)C. The molecular weight excluding hydrogens is 276 g/mol. The van der Waals surface area contributed by atoms with E-state index in [2.05, 4.69) is 5.32 Å². The predicted molar refractivity (Wildman–Crippen MR) is 90.4 cm³/mol. The summed E-state index contributed by atoms with van der Waals surface area (Å²) in [5.41, 5.74) is 8.07. The number of anilines is 2. The summed E-state index contributed by atoms with van der Waals surface area (Å²) in [5.74, 6) is 0.444. The largest absolute Gasteiger partial charge is 0.486 e. The first-order valence-corrected chi connectivity index (χ1v) is 7.22. The number of nitrogen functional groups attached to an aromatic ring is 1. The number of hydrogen-bond acceptors (Lipinski definition) is 3. The van der Waals surface area contributed by atoms with Crippen molar-refractivity contribution in [2.45, 2.75) is 33.3 Å². The number of hydrogen-bond donors (Lipinski definition) is 2. The molecule has 0 spiro atoms. The van der Waals surface area contributed by atoms with E-state index < -0.39 is 0 Å². The molecule has 2 aromatic carbocycles. The number of ether oxygens (including phenoxy) is 1. The number of aryl methyl sites for hydroxylation is 1. The first-order chi connectivity index (χ1) is 10.3. The number of rotatable bonds is 3. The van der Waals surface area contributed by atoms with E-state index in [0.29, 0.717) is 22.7 Å². The molecule has 0 aliphatic heterocycles. The molecule has 0 radical (unpaired) electrons. The predicted octanol–water partition coefficient (Wildman–Crippen LogP) is 4.01. The van der Waals surface area contributed by atoms with Crippen molar-refractivity contribution in [3.63, 3.8) is 0 Å². The fourth-order valence-corrected chi connectivity index (χ4v) is 2.06. The van der Waals surface area contributed by atoms with Gasteiger partial charge in [-0.2, -0.15) is 0 Å². The Hall–Kier alpha value is -2.49. The molecule has 2 aromatic rings. The Morgan fingerprint density at radius 1 is 1.14 bits per heavy atom. The van der Waals surface area contributed by atoms with Crippen LogP contribution in [0, 0.1) is 6.92 Å². The molecule has 0 aliphatic rings. The van der Waals surface area contributed by atoms with Crippen LogP contribution in [-0.4, -0.2) is 11.5 Å². The standard InChI is InChI=1S/C18H22N2O2/c1-12-9-10-13(19)11-14(12)17(21)20-15-7-5-6-8-16(15)22-18(2,3)4/h5-11H,19H2,1-4H3,(H,20,21). The van der Waals surface area contributed by atoms with Gasteiger partial charge in [-0.05, 0) is 57.5 Å². The molecule has 0 unspecified atom stereocenters. The van der Waals surface area contributed by atoms with Gasteiger partial charge in [-0.1, -0.05) is 18.2 Å². The first kappa shape index (κ1) is 15.9. The minimum Gasteiger partial charge on any atom is -0.486 e. The van der Waals surface area contributed by atoms with Crippen LogP contribution in [0.5, 0.6) is 5.75 Å². The third kappa shape index (κ3) is 4.01. The van der Waals surface area contributed by atoms with Crippen molar-refractivity contribution in [2.24, 2.45) is 0 Å². The molecule has 1 amide bonds. The highest BCUT2D eigenvalue weighted by molar-refractivity contribution is 6.06. The van der Waals surface area contributed by atoms with Crippen LogP contribution in [0.15, 0.2) is 42.5 Å². The van der Waals surface area contributed by atoms with Gasteiger partial charge in [0.15, 0.2) is 0 Å². The summed E-state index contributed by atoms with van der Waals surface area (Å²) in [7, 11) is 0. The van der Waals surface area contributed by atoms with E-state index in [9.17, 15) is 4.79 Å². The fraction of sp³-hybridized carbons (Fsp3) is 0.278. The van der Waals surface area contributed by atoms with Gasteiger partial charge in [-0.25, -0.2) is 0 Å². The Bertz CT molecular complexity index is 688. The Balaban J connectivity index is 2.27. The zero-order valence-electron chi connectivity index (χ0n) is 13.4. The molecule has 116 valence electrons. The minimum atomic E-state index is -0.339. The van der Waals surface area contributed by atoms with Crippen LogP contribution < -0.4 is 15.8 Å². The van der Waals surface area contributed by atoms with E-state index in [-0.39, 0.29) is 11.5 Å². The van der Waals surface area contributed by atoms with Crippen molar-refractivity contribution in [2.75, 3.05) is 11.1 Å². The lowest BCUT2D eigenvalue weighted by atomic mass is 10.1. The summed E-state index contributed by atoms with van der Waals surface area (Å²) < 4.78 is 5.88. The van der Waals surface area contributed by atoms with Crippen molar-refractivity contribution in [1.82, 2.24) is 0 Å². The van der Waals surface area contributed by atoms with E-state index >= 15 is 0 Å². The van der Waals surface area contributed by atoms with Gasteiger partial charge in [-0.15, -0.1) is 0 Å². The van der Waals surface area contributed by atoms with Crippen molar-refractivity contribution in [3.8, 4) is 5.75 Å². The molecule has 0 aromatic heterocycles. The Kier molecular flexibility index (Phi) is 4.40. The van der Waals surface area contributed by atoms with Gasteiger partial charge in [0.05, 0.1) is 5.69 Å². The fourth-order valence-electron chi connectivity index (χ4n) is 2.06. The third-order valence-electron chi connectivity index (χ3n) is 3.06. The molecule has 0 aliphatic carbocycles. The van der Waals surface area contributed by atoms with Gasteiger partial charge in [-0.3, -0.25) is 4.79 Å². The van der Waals surface area contributed by atoms with E-state index in [4.69, 9.17) is 10.5 Å². The first-order valence-electron chi connectivity index (χ1n) is 7.22. The van der Waals surface area contributed by atoms with Crippen molar-refractivity contribution in [3.05, 3.63) is 53.6 Å². The second kappa shape index (κ2) is 6.10. The average molecular weight is 298 g/mol. The number of nitrogens with one attached hydrogen (secondary N) is 1. The lowest BCUT2D eigenvalue weighted by Gasteiger charge is -2.23. The van der Waals surface area contributed by atoms with Crippen LogP contribution in [0.3, 0.4) is 0 Å². The topological polar surface area (TPSA) is 64.4 Å². The van der Waals surface area contributed by atoms with Crippen LogP contribution >= 0.6 is 0 Å². The monoisotopic (exact) mass is 298 g/mol. The van der Waals surface area contributed by atoms with Gasteiger partial charge in [0.2, 0.25) is 0 Å². The molecule has 4 heteroatoms.